The van der Waals surface area contributed by atoms with Crippen LogP contribution in [0.3, 0.4) is 0 Å². The van der Waals surface area contributed by atoms with Crippen LogP contribution in [-0.4, -0.2) is 45.0 Å². The Kier molecular flexibility index (Phi) is 4.88. The fourth-order valence-electron chi connectivity index (χ4n) is 3.33. The SMILES string of the molecule is CCc1ccc2[nH]c3nc(SCC(=O)Nc4ccc5c(c4)OCCO5)nnc3c2c1. The van der Waals surface area contributed by atoms with Crippen LogP contribution >= 0.6 is 11.8 Å². The number of amides is 1. The van der Waals surface area contributed by atoms with E-state index in [1.807, 2.05) is 6.07 Å². The lowest BCUT2D eigenvalue weighted by Gasteiger charge is -2.18. The van der Waals surface area contributed by atoms with Gasteiger partial charge >= 0.3 is 0 Å². The number of aromatic amines is 1. The molecule has 4 aromatic rings. The molecule has 152 valence electrons. The van der Waals surface area contributed by atoms with E-state index in [1.165, 1.54) is 17.3 Å². The first kappa shape index (κ1) is 18.7. The van der Waals surface area contributed by atoms with Crippen molar-refractivity contribution in [1.29, 1.82) is 0 Å². The van der Waals surface area contributed by atoms with Crippen LogP contribution in [0.4, 0.5) is 5.69 Å². The highest BCUT2D eigenvalue weighted by atomic mass is 32.2. The standard InChI is InChI=1S/C21H19N5O3S/c1-2-12-3-5-15-14(9-12)19-20(23-15)24-21(26-25-19)30-11-18(27)22-13-4-6-16-17(10-13)29-8-7-28-16/h3-6,9-10H,2,7-8,11H2,1H3,(H,22,27)(H,23,24,26). The number of aryl methyl sites for hydroxylation is 1. The monoisotopic (exact) mass is 421 g/mol. The van der Waals surface area contributed by atoms with Crippen LogP contribution in [0.1, 0.15) is 12.5 Å². The maximum Gasteiger partial charge on any atom is 0.234 e. The van der Waals surface area contributed by atoms with Crippen molar-refractivity contribution in [2.45, 2.75) is 18.5 Å². The maximum absolute atomic E-state index is 12.3. The average molecular weight is 421 g/mol. The van der Waals surface area contributed by atoms with E-state index in [9.17, 15) is 4.79 Å². The van der Waals surface area contributed by atoms with Crippen molar-refractivity contribution < 1.29 is 14.3 Å². The highest BCUT2D eigenvalue weighted by molar-refractivity contribution is 7.99. The van der Waals surface area contributed by atoms with E-state index in [0.29, 0.717) is 41.2 Å². The van der Waals surface area contributed by atoms with Gasteiger partial charge in [-0.15, -0.1) is 10.2 Å². The van der Waals surface area contributed by atoms with E-state index >= 15 is 0 Å². The Balaban J connectivity index is 1.27. The topological polar surface area (TPSA) is 102 Å². The molecular weight excluding hydrogens is 402 g/mol. The van der Waals surface area contributed by atoms with E-state index in [1.54, 1.807) is 18.2 Å². The number of fused-ring (bicyclic) bond motifs is 4. The summed E-state index contributed by atoms with van der Waals surface area (Å²) in [6.07, 6.45) is 0.954. The fourth-order valence-corrected chi connectivity index (χ4v) is 3.92. The Morgan fingerprint density at radius 1 is 1.13 bits per heavy atom. The van der Waals surface area contributed by atoms with Gasteiger partial charge in [0.05, 0.1) is 5.75 Å². The lowest BCUT2D eigenvalue weighted by atomic mass is 10.1. The third kappa shape index (κ3) is 3.63. The number of hydrogen-bond donors (Lipinski definition) is 2. The van der Waals surface area contributed by atoms with Crippen LogP contribution in [0.15, 0.2) is 41.6 Å². The van der Waals surface area contributed by atoms with Gasteiger partial charge in [0.2, 0.25) is 11.1 Å². The number of nitrogens with zero attached hydrogens (tertiary/aromatic N) is 3. The first-order valence-electron chi connectivity index (χ1n) is 9.67. The zero-order chi connectivity index (χ0) is 20.5. The number of nitrogens with one attached hydrogen (secondary N) is 2. The minimum absolute atomic E-state index is 0.162. The predicted octanol–water partition coefficient (Wildman–Crippen LogP) is 3.57. The van der Waals surface area contributed by atoms with Gasteiger partial charge in [-0.25, -0.2) is 4.98 Å². The number of aromatic nitrogens is 4. The molecule has 1 aliphatic rings. The molecule has 1 aliphatic heterocycles. The zero-order valence-electron chi connectivity index (χ0n) is 16.3. The molecule has 0 atom stereocenters. The number of carbonyl (C=O) groups is 1. The molecule has 0 saturated heterocycles. The maximum atomic E-state index is 12.3. The number of H-pyrrole nitrogens is 1. The highest BCUT2D eigenvalue weighted by Gasteiger charge is 2.14. The second-order valence-corrected chi connectivity index (χ2v) is 7.79. The Morgan fingerprint density at radius 3 is 2.87 bits per heavy atom. The Hall–Kier alpha value is -3.33. The molecule has 2 aromatic heterocycles. The van der Waals surface area contributed by atoms with E-state index < -0.39 is 0 Å². The van der Waals surface area contributed by atoms with Crippen LogP contribution < -0.4 is 14.8 Å². The lowest BCUT2D eigenvalue weighted by molar-refractivity contribution is -0.113. The Labute approximate surface area is 176 Å². The Morgan fingerprint density at radius 2 is 2.00 bits per heavy atom. The van der Waals surface area contributed by atoms with Crippen molar-refractivity contribution in [2.24, 2.45) is 0 Å². The number of carbonyl (C=O) groups excluding carboxylic acids is 1. The van der Waals surface area contributed by atoms with Crippen LogP contribution in [0.25, 0.3) is 22.1 Å². The molecule has 0 fully saturated rings. The zero-order valence-corrected chi connectivity index (χ0v) is 17.1. The molecule has 0 unspecified atom stereocenters. The van der Waals surface area contributed by atoms with Crippen molar-refractivity contribution in [3.05, 3.63) is 42.0 Å². The molecule has 2 N–H and O–H groups in total. The number of anilines is 1. The van der Waals surface area contributed by atoms with Gasteiger partial charge in [-0.2, -0.15) is 0 Å². The molecule has 1 amide bonds. The summed E-state index contributed by atoms with van der Waals surface area (Å²) in [6.45, 7) is 3.15. The molecule has 0 aliphatic carbocycles. The second-order valence-electron chi connectivity index (χ2n) is 6.85. The van der Waals surface area contributed by atoms with Crippen LogP contribution in [0, 0.1) is 0 Å². The third-order valence-corrected chi connectivity index (χ3v) is 5.66. The number of benzene rings is 2. The summed E-state index contributed by atoms with van der Waals surface area (Å²) >= 11 is 1.24. The van der Waals surface area contributed by atoms with E-state index in [0.717, 1.165) is 22.8 Å². The molecule has 0 radical (unpaired) electrons. The molecule has 0 spiro atoms. The third-order valence-electron chi connectivity index (χ3n) is 4.83. The number of rotatable bonds is 5. The largest absolute Gasteiger partial charge is 0.486 e. The molecule has 8 nitrogen and oxygen atoms in total. The van der Waals surface area contributed by atoms with E-state index in [-0.39, 0.29) is 11.7 Å². The first-order chi connectivity index (χ1) is 14.7. The minimum atomic E-state index is -0.162. The van der Waals surface area contributed by atoms with Crippen LogP contribution in [0.5, 0.6) is 11.5 Å². The summed E-state index contributed by atoms with van der Waals surface area (Å²) < 4.78 is 11.0. The Bertz CT molecular complexity index is 1260. The molecule has 2 aromatic carbocycles. The van der Waals surface area contributed by atoms with Crippen molar-refractivity contribution in [1.82, 2.24) is 20.2 Å². The van der Waals surface area contributed by atoms with Gasteiger partial charge < -0.3 is 19.8 Å². The van der Waals surface area contributed by atoms with Crippen molar-refractivity contribution in [3.8, 4) is 11.5 Å². The molecule has 30 heavy (non-hydrogen) atoms. The first-order valence-corrected chi connectivity index (χ1v) is 10.7. The van der Waals surface area contributed by atoms with Crippen molar-refractivity contribution in [2.75, 3.05) is 24.3 Å². The van der Waals surface area contributed by atoms with E-state index in [2.05, 4.69) is 44.5 Å². The lowest BCUT2D eigenvalue weighted by Crippen LogP contribution is -2.17. The van der Waals surface area contributed by atoms with Gasteiger partial charge in [0.25, 0.3) is 0 Å². The smallest absolute Gasteiger partial charge is 0.234 e. The molecule has 5 rings (SSSR count). The summed E-state index contributed by atoms with van der Waals surface area (Å²) in [5, 5.41) is 12.8. The number of hydrogen-bond acceptors (Lipinski definition) is 7. The van der Waals surface area contributed by atoms with Gasteiger partial charge in [-0.3, -0.25) is 4.79 Å². The highest BCUT2D eigenvalue weighted by Crippen LogP contribution is 2.32. The van der Waals surface area contributed by atoms with Gasteiger partial charge in [0.1, 0.15) is 18.7 Å². The second kappa shape index (κ2) is 7.83. The average Bonchev–Trinajstić information content (AvgIpc) is 3.14. The summed E-state index contributed by atoms with van der Waals surface area (Å²) in [5.74, 6) is 1.33. The van der Waals surface area contributed by atoms with Crippen molar-refractivity contribution in [3.63, 3.8) is 0 Å². The molecule has 0 saturated carbocycles. The molecule has 9 heteroatoms. The minimum Gasteiger partial charge on any atom is -0.486 e. The molecular formula is C21H19N5O3S. The normalized spacial score (nSPS) is 13.0. The van der Waals surface area contributed by atoms with E-state index in [4.69, 9.17) is 9.47 Å². The fraction of sp³-hybridized carbons (Fsp3) is 0.238. The van der Waals surface area contributed by atoms with Gasteiger partial charge in [0, 0.05) is 22.7 Å². The molecule has 0 bridgehead atoms. The number of ether oxygens (including phenoxy) is 2. The van der Waals surface area contributed by atoms with Gasteiger partial charge in [-0.1, -0.05) is 24.8 Å². The summed E-state index contributed by atoms with van der Waals surface area (Å²) in [6, 6.07) is 11.6. The van der Waals surface area contributed by atoms with Crippen molar-refractivity contribution >= 4 is 45.4 Å². The number of thioether (sulfide) groups is 1. The van der Waals surface area contributed by atoms with Gasteiger partial charge in [0.15, 0.2) is 17.1 Å². The van der Waals surface area contributed by atoms with Gasteiger partial charge in [-0.05, 0) is 36.2 Å². The summed E-state index contributed by atoms with van der Waals surface area (Å²) in [5.41, 5.74) is 4.28. The van der Waals surface area contributed by atoms with Crippen LogP contribution in [0.2, 0.25) is 0 Å². The summed E-state index contributed by atoms with van der Waals surface area (Å²) in [4.78, 5) is 20.1. The molecule has 3 heterocycles. The van der Waals surface area contributed by atoms with Crippen LogP contribution in [-0.2, 0) is 11.2 Å². The predicted molar refractivity (Wildman–Crippen MR) is 115 cm³/mol. The quantitative estimate of drug-likeness (QED) is 0.475. The summed E-state index contributed by atoms with van der Waals surface area (Å²) in [7, 11) is 0.